The zero-order valence-electron chi connectivity index (χ0n) is 9.19. The van der Waals surface area contributed by atoms with Crippen molar-refractivity contribution in [3.05, 3.63) is 0 Å². The fourth-order valence-electron chi connectivity index (χ4n) is 1.46. The number of urea groups is 1. The smallest absolute Gasteiger partial charge is 0.323 e. The molecule has 15 heavy (non-hydrogen) atoms. The average molecular weight is 214 g/mol. The van der Waals surface area contributed by atoms with E-state index in [-0.39, 0.29) is 18.6 Å². The van der Waals surface area contributed by atoms with Gasteiger partial charge in [0.25, 0.3) is 0 Å². The minimum absolute atomic E-state index is 0.221. The molecule has 0 aromatic heterocycles. The van der Waals surface area contributed by atoms with Gasteiger partial charge in [-0.15, -0.1) is 0 Å². The van der Waals surface area contributed by atoms with Gasteiger partial charge in [0, 0.05) is 12.6 Å². The first-order valence-corrected chi connectivity index (χ1v) is 5.31. The highest BCUT2D eigenvalue weighted by Gasteiger charge is 2.35. The molecule has 0 bridgehead atoms. The summed E-state index contributed by atoms with van der Waals surface area (Å²) in [6.07, 6.45) is 1.76. The highest BCUT2D eigenvalue weighted by Crippen LogP contribution is 2.29. The lowest BCUT2D eigenvalue weighted by Crippen LogP contribution is -2.44. The summed E-state index contributed by atoms with van der Waals surface area (Å²) >= 11 is 0. The first-order chi connectivity index (χ1) is 7.04. The summed E-state index contributed by atoms with van der Waals surface area (Å²) in [5.74, 6) is -0.440. The minimum atomic E-state index is -0.970. The topological polar surface area (TPSA) is 69.6 Å². The summed E-state index contributed by atoms with van der Waals surface area (Å²) in [7, 11) is 0. The van der Waals surface area contributed by atoms with Crippen molar-refractivity contribution in [1.82, 2.24) is 10.2 Å². The van der Waals surface area contributed by atoms with Crippen molar-refractivity contribution in [3.8, 4) is 0 Å². The molecule has 5 heteroatoms. The number of hydrogen-bond acceptors (Lipinski definition) is 2. The van der Waals surface area contributed by atoms with Crippen LogP contribution in [0.15, 0.2) is 0 Å². The second kappa shape index (κ2) is 5.00. The van der Waals surface area contributed by atoms with Crippen molar-refractivity contribution in [2.45, 2.75) is 32.7 Å². The van der Waals surface area contributed by atoms with Crippen molar-refractivity contribution >= 4 is 12.0 Å². The molecule has 5 nitrogen and oxygen atoms in total. The number of carboxylic acids is 1. The van der Waals surface area contributed by atoms with Crippen LogP contribution >= 0.6 is 0 Å². The molecule has 2 N–H and O–H groups in total. The Morgan fingerprint density at radius 1 is 1.53 bits per heavy atom. The largest absolute Gasteiger partial charge is 0.480 e. The molecule has 1 saturated carbocycles. The van der Waals surface area contributed by atoms with Gasteiger partial charge in [0.2, 0.25) is 0 Å². The van der Waals surface area contributed by atoms with Crippen LogP contribution in [0, 0.1) is 5.92 Å². The molecule has 1 fully saturated rings. The first kappa shape index (κ1) is 11.8. The third-order valence-corrected chi connectivity index (χ3v) is 2.53. The zero-order chi connectivity index (χ0) is 11.4. The molecule has 1 rings (SSSR count). The van der Waals surface area contributed by atoms with Gasteiger partial charge >= 0.3 is 12.0 Å². The van der Waals surface area contributed by atoms with E-state index in [9.17, 15) is 9.59 Å². The maximum atomic E-state index is 11.6. The van der Waals surface area contributed by atoms with Gasteiger partial charge < -0.3 is 15.3 Å². The molecule has 0 heterocycles. The second-order valence-electron chi connectivity index (χ2n) is 4.08. The predicted molar refractivity (Wildman–Crippen MR) is 55.6 cm³/mol. The highest BCUT2D eigenvalue weighted by molar-refractivity contribution is 5.80. The molecule has 0 spiro atoms. The van der Waals surface area contributed by atoms with E-state index in [1.165, 1.54) is 4.90 Å². The third-order valence-electron chi connectivity index (χ3n) is 2.53. The summed E-state index contributed by atoms with van der Waals surface area (Å²) < 4.78 is 0. The Morgan fingerprint density at radius 3 is 2.53 bits per heavy atom. The molecule has 1 aliphatic rings. The molecule has 0 radical (unpaired) electrons. The molecule has 2 atom stereocenters. The van der Waals surface area contributed by atoms with Crippen molar-refractivity contribution in [2.75, 3.05) is 13.1 Å². The molecule has 86 valence electrons. The highest BCUT2D eigenvalue weighted by atomic mass is 16.4. The van der Waals surface area contributed by atoms with Gasteiger partial charge in [-0.25, -0.2) is 4.79 Å². The van der Waals surface area contributed by atoms with Crippen LogP contribution in [0.3, 0.4) is 0 Å². The van der Waals surface area contributed by atoms with Gasteiger partial charge in [-0.2, -0.15) is 0 Å². The predicted octanol–water partition coefficient (Wildman–Crippen LogP) is 0.901. The molecule has 2 unspecified atom stereocenters. The molecule has 0 saturated heterocycles. The van der Waals surface area contributed by atoms with Crippen LogP contribution in [0.25, 0.3) is 0 Å². The van der Waals surface area contributed by atoms with Crippen molar-refractivity contribution in [2.24, 2.45) is 5.92 Å². The standard InChI is InChI=1S/C10H18N2O3/c1-3-4-12(6-9(13)14)10(15)11-8-5-7(8)2/h7-8H,3-6H2,1-2H3,(H,11,15)(H,13,14). The van der Waals surface area contributed by atoms with Gasteiger partial charge in [-0.05, 0) is 18.8 Å². The maximum absolute atomic E-state index is 11.6. The van der Waals surface area contributed by atoms with E-state index in [1.807, 2.05) is 6.92 Å². The number of carbonyl (C=O) groups is 2. The number of carbonyl (C=O) groups excluding carboxylic acids is 1. The van der Waals surface area contributed by atoms with Crippen LogP contribution in [-0.4, -0.2) is 41.1 Å². The quantitative estimate of drug-likeness (QED) is 0.714. The molecule has 0 aromatic rings. The number of nitrogens with one attached hydrogen (secondary N) is 1. The lowest BCUT2D eigenvalue weighted by molar-refractivity contribution is -0.137. The Labute approximate surface area is 89.4 Å². The normalized spacial score (nSPS) is 23.3. The van der Waals surface area contributed by atoms with E-state index in [4.69, 9.17) is 5.11 Å². The van der Waals surface area contributed by atoms with E-state index >= 15 is 0 Å². The van der Waals surface area contributed by atoms with E-state index in [2.05, 4.69) is 12.2 Å². The minimum Gasteiger partial charge on any atom is -0.480 e. The second-order valence-corrected chi connectivity index (χ2v) is 4.08. The SMILES string of the molecule is CCCN(CC(=O)O)C(=O)NC1CC1C. The number of carboxylic acid groups (broad SMARTS) is 1. The van der Waals surface area contributed by atoms with Crippen LogP contribution in [0.2, 0.25) is 0 Å². The van der Waals surface area contributed by atoms with E-state index in [0.717, 1.165) is 12.8 Å². The fraction of sp³-hybridized carbons (Fsp3) is 0.800. The Kier molecular flexibility index (Phi) is 3.94. The summed E-state index contributed by atoms with van der Waals surface area (Å²) in [6, 6.07) is -0.0146. The number of rotatable bonds is 5. The number of hydrogen-bond donors (Lipinski definition) is 2. The number of aliphatic carboxylic acids is 1. The van der Waals surface area contributed by atoms with Crippen LogP contribution < -0.4 is 5.32 Å². The van der Waals surface area contributed by atoms with E-state index in [0.29, 0.717) is 12.5 Å². The molecule has 0 aromatic carbocycles. The Hall–Kier alpha value is -1.26. The van der Waals surface area contributed by atoms with Gasteiger partial charge in [0.05, 0.1) is 0 Å². The summed E-state index contributed by atoms with van der Waals surface area (Å²) in [4.78, 5) is 23.5. The number of amides is 2. The Balaban J connectivity index is 2.39. The molecular weight excluding hydrogens is 196 g/mol. The Bertz CT molecular complexity index is 255. The summed E-state index contributed by atoms with van der Waals surface area (Å²) in [5, 5.41) is 11.5. The Morgan fingerprint density at radius 2 is 2.13 bits per heavy atom. The average Bonchev–Trinajstić information content (AvgIpc) is 2.80. The molecule has 0 aliphatic heterocycles. The van der Waals surface area contributed by atoms with Gasteiger partial charge in [0.15, 0.2) is 0 Å². The zero-order valence-corrected chi connectivity index (χ0v) is 9.19. The third kappa shape index (κ3) is 3.77. The maximum Gasteiger partial charge on any atom is 0.323 e. The van der Waals surface area contributed by atoms with Crippen molar-refractivity contribution in [1.29, 1.82) is 0 Å². The summed E-state index contributed by atoms with van der Waals surface area (Å²) in [5.41, 5.74) is 0. The van der Waals surface area contributed by atoms with Gasteiger partial charge in [-0.3, -0.25) is 4.79 Å². The van der Waals surface area contributed by atoms with Crippen LogP contribution in [0.5, 0.6) is 0 Å². The number of nitrogens with zero attached hydrogens (tertiary/aromatic N) is 1. The van der Waals surface area contributed by atoms with Crippen LogP contribution in [-0.2, 0) is 4.79 Å². The van der Waals surface area contributed by atoms with Crippen molar-refractivity contribution < 1.29 is 14.7 Å². The molecule has 1 aliphatic carbocycles. The summed E-state index contributed by atoms with van der Waals surface area (Å²) in [6.45, 7) is 4.24. The van der Waals surface area contributed by atoms with Gasteiger partial charge in [0.1, 0.15) is 6.54 Å². The first-order valence-electron chi connectivity index (χ1n) is 5.31. The van der Waals surface area contributed by atoms with Gasteiger partial charge in [-0.1, -0.05) is 13.8 Å². The lowest BCUT2D eigenvalue weighted by atomic mass is 10.4. The fourth-order valence-corrected chi connectivity index (χ4v) is 1.46. The van der Waals surface area contributed by atoms with E-state index < -0.39 is 5.97 Å². The van der Waals surface area contributed by atoms with Crippen molar-refractivity contribution in [3.63, 3.8) is 0 Å². The monoisotopic (exact) mass is 214 g/mol. The lowest BCUT2D eigenvalue weighted by Gasteiger charge is -2.20. The molecule has 2 amide bonds. The van der Waals surface area contributed by atoms with E-state index in [1.54, 1.807) is 0 Å². The van der Waals surface area contributed by atoms with Crippen LogP contribution in [0.1, 0.15) is 26.7 Å². The van der Waals surface area contributed by atoms with Crippen LogP contribution in [0.4, 0.5) is 4.79 Å². The molecular formula is C10H18N2O3.